The molecule has 0 aromatic heterocycles. The zero-order valence-corrected chi connectivity index (χ0v) is 14.8. The molecule has 0 unspecified atom stereocenters. The number of morpholine rings is 1. The minimum absolute atomic E-state index is 0.833. The van der Waals surface area contributed by atoms with E-state index in [0.29, 0.717) is 0 Å². The van der Waals surface area contributed by atoms with Crippen molar-refractivity contribution in [3.63, 3.8) is 0 Å². The smallest absolute Gasteiger partial charge is 0.418 e. The van der Waals surface area contributed by atoms with Crippen LogP contribution >= 0.6 is 0 Å². The maximum absolute atomic E-state index is 9.75. The SMILES string of the molecule is CN1CCC(N2CCOCC2)CC1.F[B-](F)(F)F.F[B-](F)(F)F.F[B-](F)(F)F. The topological polar surface area (TPSA) is 15.7 Å². The van der Waals surface area contributed by atoms with E-state index >= 15 is 0 Å². The molecular formula is C10H20B3F12N2O-3. The van der Waals surface area contributed by atoms with Crippen molar-refractivity contribution in [2.75, 3.05) is 46.4 Å². The average molecular weight is 445 g/mol. The predicted octanol–water partition coefficient (Wildman–Crippen LogP) is 4.31. The zero-order valence-electron chi connectivity index (χ0n) is 14.8. The summed E-state index contributed by atoms with van der Waals surface area (Å²) in [5, 5.41) is 0. The Hall–Kier alpha value is -0.765. The molecule has 0 aliphatic carbocycles. The van der Waals surface area contributed by atoms with Crippen molar-refractivity contribution in [2.45, 2.75) is 18.9 Å². The van der Waals surface area contributed by atoms with Gasteiger partial charge in [-0.2, -0.15) is 0 Å². The fourth-order valence-corrected chi connectivity index (χ4v) is 2.30. The lowest BCUT2D eigenvalue weighted by Crippen LogP contribution is -2.48. The van der Waals surface area contributed by atoms with Crippen molar-refractivity contribution in [2.24, 2.45) is 0 Å². The first-order valence-electron chi connectivity index (χ1n) is 7.98. The molecule has 0 aromatic carbocycles. The van der Waals surface area contributed by atoms with E-state index in [1.165, 1.54) is 25.9 Å². The van der Waals surface area contributed by atoms with Crippen LogP contribution in [0.2, 0.25) is 0 Å². The minimum Gasteiger partial charge on any atom is -0.418 e. The van der Waals surface area contributed by atoms with Crippen molar-refractivity contribution >= 4 is 21.8 Å². The summed E-state index contributed by atoms with van der Waals surface area (Å²) >= 11 is 0. The number of ether oxygens (including phenoxy) is 1. The summed E-state index contributed by atoms with van der Waals surface area (Å²) in [6.45, 7) is 6.70. The maximum atomic E-state index is 9.75. The monoisotopic (exact) mass is 445 g/mol. The molecule has 0 spiro atoms. The van der Waals surface area contributed by atoms with E-state index in [0.717, 1.165) is 32.3 Å². The van der Waals surface area contributed by atoms with Gasteiger partial charge in [0.05, 0.1) is 13.2 Å². The van der Waals surface area contributed by atoms with Gasteiger partial charge in [-0.15, -0.1) is 0 Å². The number of halogens is 12. The molecule has 0 bridgehead atoms. The van der Waals surface area contributed by atoms with Crippen molar-refractivity contribution in [3.8, 4) is 0 Å². The summed E-state index contributed by atoms with van der Waals surface area (Å²) in [6.07, 6.45) is 2.69. The highest BCUT2D eigenvalue weighted by molar-refractivity contribution is 6.50. The Balaban J connectivity index is 0. The minimum atomic E-state index is -6.00. The van der Waals surface area contributed by atoms with Crippen LogP contribution in [0.5, 0.6) is 0 Å². The number of likely N-dealkylation sites (tertiary alicyclic amines) is 1. The third kappa shape index (κ3) is 32.9. The third-order valence-electron chi connectivity index (χ3n) is 3.25. The zero-order chi connectivity index (χ0) is 22.6. The van der Waals surface area contributed by atoms with Crippen LogP contribution in [-0.4, -0.2) is 84.0 Å². The lowest BCUT2D eigenvalue weighted by atomic mass is 10.0. The Bertz CT molecular complexity index is 335. The van der Waals surface area contributed by atoms with Gasteiger partial charge in [-0.1, -0.05) is 0 Å². The first-order valence-corrected chi connectivity index (χ1v) is 7.98. The van der Waals surface area contributed by atoms with Gasteiger partial charge in [-0.25, -0.2) is 0 Å². The molecule has 0 atom stereocenters. The highest BCUT2D eigenvalue weighted by atomic mass is 19.5. The van der Waals surface area contributed by atoms with Gasteiger partial charge in [0, 0.05) is 19.1 Å². The van der Waals surface area contributed by atoms with E-state index in [9.17, 15) is 51.8 Å². The van der Waals surface area contributed by atoms with Gasteiger partial charge >= 0.3 is 21.8 Å². The predicted molar refractivity (Wildman–Crippen MR) is 83.5 cm³/mol. The molecule has 0 aromatic rings. The Morgan fingerprint density at radius 3 is 1.18 bits per heavy atom. The molecular weight excluding hydrogens is 425 g/mol. The van der Waals surface area contributed by atoms with Crippen LogP contribution in [-0.2, 0) is 4.74 Å². The fourth-order valence-electron chi connectivity index (χ4n) is 2.30. The summed E-state index contributed by atoms with van der Waals surface area (Å²) in [6, 6.07) is 0.833. The quantitative estimate of drug-likeness (QED) is 0.443. The van der Waals surface area contributed by atoms with Crippen LogP contribution in [0.4, 0.5) is 51.8 Å². The summed E-state index contributed by atoms with van der Waals surface area (Å²) in [7, 11) is -15.8. The summed E-state index contributed by atoms with van der Waals surface area (Å²) in [5.74, 6) is 0. The molecule has 2 aliphatic heterocycles. The molecule has 2 saturated heterocycles. The van der Waals surface area contributed by atoms with Gasteiger partial charge < -0.3 is 61.4 Å². The van der Waals surface area contributed by atoms with Crippen molar-refractivity contribution in [1.29, 1.82) is 0 Å². The largest absolute Gasteiger partial charge is 0.673 e. The first-order chi connectivity index (χ1) is 12.4. The Morgan fingerprint density at radius 1 is 0.607 bits per heavy atom. The van der Waals surface area contributed by atoms with Crippen LogP contribution in [0.25, 0.3) is 0 Å². The summed E-state index contributed by atoms with van der Waals surface area (Å²) < 4.78 is 122. The van der Waals surface area contributed by atoms with E-state index in [2.05, 4.69) is 16.8 Å². The van der Waals surface area contributed by atoms with Crippen molar-refractivity contribution in [1.82, 2.24) is 9.80 Å². The number of hydrogen-bond donors (Lipinski definition) is 0. The molecule has 3 nitrogen and oxygen atoms in total. The Kier molecular flexibility index (Phi) is 14.1. The number of hydrogen-bond acceptors (Lipinski definition) is 3. The normalized spacial score (nSPS) is 20.0. The van der Waals surface area contributed by atoms with Crippen LogP contribution < -0.4 is 0 Å². The van der Waals surface area contributed by atoms with Crippen LogP contribution in [0.1, 0.15) is 12.8 Å². The Labute approximate surface area is 154 Å². The van der Waals surface area contributed by atoms with Crippen molar-refractivity contribution < 1.29 is 56.5 Å². The highest BCUT2D eigenvalue weighted by Crippen LogP contribution is 2.16. The van der Waals surface area contributed by atoms with Gasteiger partial charge in [-0.3, -0.25) is 4.90 Å². The van der Waals surface area contributed by atoms with Gasteiger partial charge in [0.25, 0.3) is 0 Å². The van der Waals surface area contributed by atoms with Gasteiger partial charge in [-0.05, 0) is 33.0 Å². The number of rotatable bonds is 1. The molecule has 28 heavy (non-hydrogen) atoms. The second-order valence-corrected chi connectivity index (χ2v) is 5.67. The second kappa shape index (κ2) is 13.5. The number of nitrogens with zero attached hydrogens (tertiary/aromatic N) is 2. The van der Waals surface area contributed by atoms with E-state index < -0.39 is 21.8 Å². The Morgan fingerprint density at radius 2 is 0.893 bits per heavy atom. The molecule has 2 rings (SSSR count). The van der Waals surface area contributed by atoms with Gasteiger partial charge in [0.15, 0.2) is 0 Å². The first kappa shape index (κ1) is 29.4. The molecule has 0 N–H and O–H groups in total. The second-order valence-electron chi connectivity index (χ2n) is 5.67. The highest BCUT2D eigenvalue weighted by Gasteiger charge is 2.24. The van der Waals surface area contributed by atoms with Crippen LogP contribution in [0.3, 0.4) is 0 Å². The third-order valence-corrected chi connectivity index (χ3v) is 3.25. The summed E-state index contributed by atoms with van der Waals surface area (Å²) in [4.78, 5) is 5.04. The van der Waals surface area contributed by atoms with Crippen molar-refractivity contribution in [3.05, 3.63) is 0 Å². The number of piperidine rings is 1. The molecule has 2 heterocycles. The molecule has 2 aliphatic rings. The lowest BCUT2D eigenvalue weighted by Gasteiger charge is -2.39. The molecule has 172 valence electrons. The van der Waals surface area contributed by atoms with E-state index in [1.54, 1.807) is 0 Å². The maximum Gasteiger partial charge on any atom is 0.673 e. The molecule has 0 amide bonds. The van der Waals surface area contributed by atoms with Crippen LogP contribution in [0, 0.1) is 0 Å². The standard InChI is InChI=1S/C10H20N2O.3BF4/c1-11-4-2-10(3-5-11)12-6-8-13-9-7-12;3*2-1(3,4)5/h10H,2-9H2,1H3;;;/q;3*-1. The van der Waals surface area contributed by atoms with Crippen LogP contribution in [0.15, 0.2) is 0 Å². The summed E-state index contributed by atoms with van der Waals surface area (Å²) in [5.41, 5.74) is 0. The molecule has 2 fully saturated rings. The van der Waals surface area contributed by atoms with Gasteiger partial charge in [0.1, 0.15) is 0 Å². The molecule has 0 radical (unpaired) electrons. The fraction of sp³-hybridized carbons (Fsp3) is 1.00. The average Bonchev–Trinajstić information content (AvgIpc) is 2.44. The van der Waals surface area contributed by atoms with E-state index in [-0.39, 0.29) is 0 Å². The molecule has 18 heteroatoms. The molecule has 0 saturated carbocycles. The van der Waals surface area contributed by atoms with E-state index in [4.69, 9.17) is 4.74 Å². The lowest BCUT2D eigenvalue weighted by molar-refractivity contribution is 0.00290. The van der Waals surface area contributed by atoms with E-state index in [1.807, 2.05) is 0 Å². The van der Waals surface area contributed by atoms with Gasteiger partial charge in [0.2, 0.25) is 0 Å².